The number of nitrogens with zero attached hydrogens (tertiary/aromatic N) is 2. The molecule has 2 aliphatic rings. The second-order valence-corrected chi connectivity index (χ2v) is 10.8. The lowest BCUT2D eigenvalue weighted by molar-refractivity contribution is -0.138. The largest absolute Gasteiger partial charge is 0.335 e. The molecule has 0 spiro atoms. The van der Waals surface area contributed by atoms with E-state index in [-0.39, 0.29) is 35.1 Å². The summed E-state index contributed by atoms with van der Waals surface area (Å²) >= 11 is 3.57. The second-order valence-electron chi connectivity index (χ2n) is 9.86. The van der Waals surface area contributed by atoms with Crippen LogP contribution in [0, 0.1) is 5.92 Å². The monoisotopic (exact) mass is 547 g/mol. The van der Waals surface area contributed by atoms with E-state index in [9.17, 15) is 14.4 Å². The summed E-state index contributed by atoms with van der Waals surface area (Å²) in [7, 11) is 1.74. The van der Waals surface area contributed by atoms with Crippen LogP contribution >= 0.6 is 15.9 Å². The molecule has 0 bridgehead atoms. The summed E-state index contributed by atoms with van der Waals surface area (Å²) in [6, 6.07) is 18.8. The van der Waals surface area contributed by atoms with Gasteiger partial charge in [-0.2, -0.15) is 0 Å². The van der Waals surface area contributed by atoms with E-state index in [0.717, 1.165) is 41.4 Å². The average molecular weight is 548 g/mol. The fourth-order valence-electron chi connectivity index (χ4n) is 5.12. The Morgan fingerprint density at radius 1 is 1.03 bits per heavy atom. The number of nitrogens with one attached hydrogen (secondary N) is 1. The third-order valence-electron chi connectivity index (χ3n) is 7.24. The number of hydrogen-bond acceptors (Lipinski definition) is 4. The molecule has 2 heterocycles. The third-order valence-corrected chi connectivity index (χ3v) is 7.69. The van der Waals surface area contributed by atoms with E-state index in [1.807, 2.05) is 59.5 Å². The van der Waals surface area contributed by atoms with Crippen molar-refractivity contribution in [2.24, 2.45) is 13.0 Å². The minimum Gasteiger partial charge on any atom is -0.335 e. The van der Waals surface area contributed by atoms with Gasteiger partial charge in [-0.3, -0.25) is 14.4 Å². The van der Waals surface area contributed by atoms with Crippen LogP contribution in [0.3, 0.4) is 0 Å². The Morgan fingerprint density at radius 2 is 1.81 bits per heavy atom. The number of ketones is 1. The quantitative estimate of drug-likeness (QED) is 0.448. The van der Waals surface area contributed by atoms with Crippen molar-refractivity contribution in [3.05, 3.63) is 104 Å². The Bertz CT molecular complexity index is 1330. The van der Waals surface area contributed by atoms with Gasteiger partial charge in [-0.05, 0) is 67.1 Å². The molecule has 36 heavy (non-hydrogen) atoms. The molecule has 2 atom stereocenters. The standard InChI is InChI=1S/C29H30BrN3O3/c1-32-12-10-21(16-27(32)34)25-9-11-31-17-26(25)29(36)33(24-7-8-24)18-19-13-22(15-23(30)14-19)28(35)20-5-3-2-4-6-20/h2-6,10,12-16,24-26,31H,7-9,11,17-18H2,1H3. The number of carbonyl (C=O) groups is 2. The van der Waals surface area contributed by atoms with Gasteiger partial charge in [0.1, 0.15) is 0 Å². The molecule has 1 aliphatic carbocycles. The molecule has 1 saturated heterocycles. The first-order valence-electron chi connectivity index (χ1n) is 12.5. The van der Waals surface area contributed by atoms with Gasteiger partial charge in [0.05, 0.1) is 5.92 Å². The highest BCUT2D eigenvalue weighted by molar-refractivity contribution is 9.10. The van der Waals surface area contributed by atoms with E-state index in [1.54, 1.807) is 23.9 Å². The Morgan fingerprint density at radius 3 is 2.53 bits per heavy atom. The predicted octanol–water partition coefficient (Wildman–Crippen LogP) is 4.26. The van der Waals surface area contributed by atoms with Gasteiger partial charge in [-0.1, -0.05) is 46.3 Å². The number of amides is 1. The number of halogens is 1. The van der Waals surface area contributed by atoms with Gasteiger partial charge < -0.3 is 14.8 Å². The zero-order chi connectivity index (χ0) is 25.2. The molecular weight excluding hydrogens is 518 g/mol. The summed E-state index contributed by atoms with van der Waals surface area (Å²) in [6.45, 7) is 1.87. The van der Waals surface area contributed by atoms with Crippen LogP contribution in [0.4, 0.5) is 0 Å². The van der Waals surface area contributed by atoms with Crippen LogP contribution in [0.1, 0.15) is 52.2 Å². The molecule has 1 aliphatic heterocycles. The first kappa shape index (κ1) is 24.7. The van der Waals surface area contributed by atoms with Gasteiger partial charge in [0, 0.05) is 54.0 Å². The molecule has 2 unspecified atom stereocenters. The second kappa shape index (κ2) is 10.5. The molecule has 0 radical (unpaired) electrons. The first-order chi connectivity index (χ1) is 17.4. The van der Waals surface area contributed by atoms with Crippen molar-refractivity contribution >= 4 is 27.6 Å². The van der Waals surface area contributed by atoms with Crippen molar-refractivity contribution in [3.63, 3.8) is 0 Å². The molecule has 1 N–H and O–H groups in total. The number of pyridine rings is 1. The minimum absolute atomic E-state index is 0.00614. The predicted molar refractivity (Wildman–Crippen MR) is 143 cm³/mol. The van der Waals surface area contributed by atoms with Crippen LogP contribution < -0.4 is 10.9 Å². The summed E-state index contributed by atoms with van der Waals surface area (Å²) in [5, 5.41) is 3.39. The van der Waals surface area contributed by atoms with E-state index >= 15 is 0 Å². The van der Waals surface area contributed by atoms with Crippen molar-refractivity contribution in [1.29, 1.82) is 0 Å². The van der Waals surface area contributed by atoms with Gasteiger partial charge in [-0.15, -0.1) is 0 Å². The van der Waals surface area contributed by atoms with Crippen LogP contribution in [0.2, 0.25) is 0 Å². The van der Waals surface area contributed by atoms with E-state index in [0.29, 0.717) is 24.2 Å². The molecular formula is C29H30BrN3O3. The van der Waals surface area contributed by atoms with Crippen molar-refractivity contribution < 1.29 is 9.59 Å². The Labute approximate surface area is 219 Å². The highest BCUT2D eigenvalue weighted by Gasteiger charge is 2.40. The molecule has 1 amide bonds. The lowest BCUT2D eigenvalue weighted by atomic mass is 9.80. The fraction of sp³-hybridized carbons (Fsp3) is 0.345. The van der Waals surface area contributed by atoms with Crippen LogP contribution in [0.15, 0.2) is 76.1 Å². The number of hydrogen-bond donors (Lipinski definition) is 1. The van der Waals surface area contributed by atoms with Gasteiger partial charge in [0.25, 0.3) is 5.56 Å². The molecule has 6 nitrogen and oxygen atoms in total. The van der Waals surface area contributed by atoms with Crippen molar-refractivity contribution in [3.8, 4) is 0 Å². The Kier molecular flexibility index (Phi) is 7.21. The number of piperidine rings is 1. The maximum absolute atomic E-state index is 14.0. The SMILES string of the molecule is Cn1ccc(C2CCNCC2C(=O)N(Cc2cc(Br)cc(C(=O)c3ccccc3)c2)C2CC2)cc1=O. The summed E-state index contributed by atoms with van der Waals surface area (Å²) in [5.41, 5.74) is 3.05. The maximum atomic E-state index is 14.0. The Balaban J connectivity index is 1.40. The lowest BCUT2D eigenvalue weighted by Crippen LogP contribution is -2.47. The van der Waals surface area contributed by atoms with Crippen LogP contribution in [0.5, 0.6) is 0 Å². The van der Waals surface area contributed by atoms with Crippen molar-refractivity contribution in [1.82, 2.24) is 14.8 Å². The molecule has 186 valence electrons. The van der Waals surface area contributed by atoms with Gasteiger partial charge in [0.2, 0.25) is 5.91 Å². The third kappa shape index (κ3) is 5.37. The lowest BCUT2D eigenvalue weighted by Gasteiger charge is -2.35. The Hall–Kier alpha value is -3.03. The summed E-state index contributed by atoms with van der Waals surface area (Å²) in [5.74, 6) is -0.147. The number of carbonyl (C=O) groups excluding carboxylic acids is 2. The van der Waals surface area contributed by atoms with Crippen LogP contribution in [0.25, 0.3) is 0 Å². The zero-order valence-corrected chi connectivity index (χ0v) is 21.9. The van der Waals surface area contributed by atoms with Crippen molar-refractivity contribution in [2.45, 2.75) is 37.8 Å². The van der Waals surface area contributed by atoms with Gasteiger partial charge in [0.15, 0.2) is 5.78 Å². The van der Waals surface area contributed by atoms with Crippen LogP contribution in [-0.2, 0) is 18.4 Å². The highest BCUT2D eigenvalue weighted by atomic mass is 79.9. The zero-order valence-electron chi connectivity index (χ0n) is 20.3. The van der Waals surface area contributed by atoms with Gasteiger partial charge >= 0.3 is 0 Å². The van der Waals surface area contributed by atoms with E-state index in [4.69, 9.17) is 0 Å². The molecule has 5 rings (SSSR count). The fourth-order valence-corrected chi connectivity index (χ4v) is 5.66. The molecule has 3 aromatic rings. The normalized spacial score (nSPS) is 19.6. The smallest absolute Gasteiger partial charge is 0.250 e. The first-order valence-corrected chi connectivity index (χ1v) is 13.3. The number of aryl methyl sites for hydroxylation is 1. The molecule has 2 aromatic carbocycles. The van der Waals surface area contributed by atoms with Crippen LogP contribution in [-0.4, -0.2) is 40.3 Å². The molecule has 1 aromatic heterocycles. The highest BCUT2D eigenvalue weighted by Crippen LogP contribution is 2.36. The molecule has 2 fully saturated rings. The average Bonchev–Trinajstić information content (AvgIpc) is 3.74. The molecule has 1 saturated carbocycles. The summed E-state index contributed by atoms with van der Waals surface area (Å²) < 4.78 is 2.37. The number of benzene rings is 2. The number of aromatic nitrogens is 1. The maximum Gasteiger partial charge on any atom is 0.250 e. The minimum atomic E-state index is -0.232. The summed E-state index contributed by atoms with van der Waals surface area (Å²) in [4.78, 5) is 41.3. The van der Waals surface area contributed by atoms with Gasteiger partial charge in [-0.25, -0.2) is 0 Å². The summed E-state index contributed by atoms with van der Waals surface area (Å²) in [6.07, 6.45) is 4.58. The molecule has 7 heteroatoms. The van der Waals surface area contributed by atoms with Crippen molar-refractivity contribution in [2.75, 3.05) is 13.1 Å². The van der Waals surface area contributed by atoms with E-state index < -0.39 is 0 Å². The van der Waals surface area contributed by atoms with E-state index in [2.05, 4.69) is 21.2 Å². The number of rotatable bonds is 7. The topological polar surface area (TPSA) is 71.4 Å². The van der Waals surface area contributed by atoms with E-state index in [1.165, 1.54) is 0 Å².